The lowest BCUT2D eigenvalue weighted by Crippen LogP contribution is -2.19. The van der Waals surface area contributed by atoms with Crippen LogP contribution in [0.5, 0.6) is 0 Å². The molecular weight excluding hydrogens is 300 g/mol. The van der Waals surface area contributed by atoms with E-state index in [1.807, 2.05) is 0 Å². The lowest BCUT2D eigenvalue weighted by atomic mass is 10.2. The highest BCUT2D eigenvalue weighted by Gasteiger charge is 2.15. The lowest BCUT2D eigenvalue weighted by Gasteiger charge is -2.10. The van der Waals surface area contributed by atoms with E-state index in [-0.39, 0.29) is 16.3 Å². The molecule has 0 amide bonds. The maximum absolute atomic E-state index is 13.1. The first-order valence-electron chi connectivity index (χ1n) is 5.88. The second-order valence-corrected chi connectivity index (χ2v) is 6.10. The summed E-state index contributed by atoms with van der Waals surface area (Å²) < 4.78 is 51.7. The third kappa shape index (κ3) is 3.47. The third-order valence-corrected chi connectivity index (χ3v) is 4.21. The number of nitrogens with one attached hydrogen (secondary N) is 2. The van der Waals surface area contributed by atoms with Crippen molar-refractivity contribution in [2.24, 2.45) is 0 Å². The number of nitrogens with two attached hydrogens (primary N) is 1. The van der Waals surface area contributed by atoms with Crippen LogP contribution >= 0.6 is 0 Å². The summed E-state index contributed by atoms with van der Waals surface area (Å²) >= 11 is 0. The van der Waals surface area contributed by atoms with Gasteiger partial charge in [0, 0.05) is 17.4 Å². The fourth-order valence-corrected chi connectivity index (χ4v) is 2.61. The average molecular weight is 313 g/mol. The Morgan fingerprint density at radius 1 is 1.00 bits per heavy atom. The maximum atomic E-state index is 13.1. The Morgan fingerprint density at radius 2 is 1.62 bits per heavy atom. The fourth-order valence-electron chi connectivity index (χ4n) is 1.77. The van der Waals surface area contributed by atoms with Crippen LogP contribution < -0.4 is 15.8 Å². The molecule has 0 heterocycles. The number of hydrogen-bond acceptors (Lipinski definition) is 4. The summed E-state index contributed by atoms with van der Waals surface area (Å²) in [7, 11) is -2.38. The van der Waals surface area contributed by atoms with Crippen molar-refractivity contribution < 1.29 is 17.2 Å². The first-order valence-corrected chi connectivity index (χ1v) is 7.36. The van der Waals surface area contributed by atoms with E-state index in [4.69, 9.17) is 5.73 Å². The van der Waals surface area contributed by atoms with Gasteiger partial charge in [-0.1, -0.05) is 0 Å². The van der Waals surface area contributed by atoms with Gasteiger partial charge in [-0.15, -0.1) is 0 Å². The maximum Gasteiger partial charge on any atom is 0.242 e. The largest absolute Gasteiger partial charge is 0.398 e. The van der Waals surface area contributed by atoms with Crippen LogP contribution in [0, 0.1) is 11.6 Å². The number of halogens is 2. The van der Waals surface area contributed by atoms with E-state index in [2.05, 4.69) is 10.0 Å². The van der Waals surface area contributed by atoms with Crippen molar-refractivity contribution >= 4 is 27.1 Å². The Hall–Kier alpha value is -2.19. The highest BCUT2D eigenvalue weighted by atomic mass is 32.2. The summed E-state index contributed by atoms with van der Waals surface area (Å²) in [5.41, 5.74) is 6.31. The Balaban J connectivity index is 2.33. The summed E-state index contributed by atoms with van der Waals surface area (Å²) in [5, 5.41) is 2.75. The molecule has 21 heavy (non-hydrogen) atoms. The van der Waals surface area contributed by atoms with Crippen molar-refractivity contribution in [3.05, 3.63) is 48.0 Å². The molecule has 0 aliphatic heterocycles. The van der Waals surface area contributed by atoms with E-state index < -0.39 is 21.7 Å². The van der Waals surface area contributed by atoms with Crippen LogP contribution in [0.1, 0.15) is 0 Å². The molecule has 0 radical (unpaired) electrons. The molecule has 0 bridgehead atoms. The number of benzene rings is 2. The molecule has 0 unspecified atom stereocenters. The average Bonchev–Trinajstić information content (AvgIpc) is 2.37. The van der Waals surface area contributed by atoms with Gasteiger partial charge in [-0.3, -0.25) is 0 Å². The Bertz CT molecular complexity index is 759. The summed E-state index contributed by atoms with van der Waals surface area (Å²) in [4.78, 5) is -0.0685. The van der Waals surface area contributed by atoms with Gasteiger partial charge in [-0.05, 0) is 37.4 Å². The van der Waals surface area contributed by atoms with Gasteiger partial charge in [0.05, 0.1) is 5.69 Å². The zero-order chi connectivity index (χ0) is 15.6. The number of sulfonamides is 1. The van der Waals surface area contributed by atoms with Gasteiger partial charge in [0.25, 0.3) is 0 Å². The van der Waals surface area contributed by atoms with E-state index in [1.54, 1.807) is 0 Å². The van der Waals surface area contributed by atoms with Crippen molar-refractivity contribution in [2.45, 2.75) is 4.90 Å². The lowest BCUT2D eigenvalue weighted by molar-refractivity contribution is 0.584. The van der Waals surface area contributed by atoms with E-state index in [0.29, 0.717) is 5.69 Å². The minimum absolute atomic E-state index is 0.0197. The Morgan fingerprint density at radius 3 is 2.14 bits per heavy atom. The smallest absolute Gasteiger partial charge is 0.242 e. The van der Waals surface area contributed by atoms with E-state index in [1.165, 1.54) is 25.2 Å². The second-order valence-electron chi connectivity index (χ2n) is 4.24. The quantitative estimate of drug-likeness (QED) is 0.756. The standard InChI is InChI=1S/C13H13F2N3O2S/c1-17-21(19,20)13-3-2-10(7-12(13)16)18-11-5-8(14)4-9(15)6-11/h2-7,17-18H,16H2,1H3. The van der Waals surface area contributed by atoms with Gasteiger partial charge in [-0.2, -0.15) is 0 Å². The fraction of sp³-hybridized carbons (Fsp3) is 0.0769. The molecule has 2 aromatic rings. The van der Waals surface area contributed by atoms with Crippen LogP contribution in [0.15, 0.2) is 41.3 Å². The van der Waals surface area contributed by atoms with Crippen molar-refractivity contribution in [2.75, 3.05) is 18.1 Å². The molecule has 0 atom stereocenters. The highest BCUT2D eigenvalue weighted by Crippen LogP contribution is 2.25. The van der Waals surface area contributed by atoms with Crippen LogP contribution in [-0.4, -0.2) is 15.5 Å². The summed E-state index contributed by atoms with van der Waals surface area (Å²) in [5.74, 6) is -1.44. The predicted octanol–water partition coefficient (Wildman–Crippen LogP) is 2.20. The molecule has 2 rings (SSSR count). The summed E-state index contributed by atoms with van der Waals surface area (Å²) in [6.07, 6.45) is 0. The highest BCUT2D eigenvalue weighted by molar-refractivity contribution is 7.89. The molecule has 5 nitrogen and oxygen atoms in total. The van der Waals surface area contributed by atoms with Crippen molar-refractivity contribution in [1.29, 1.82) is 0 Å². The molecule has 0 saturated heterocycles. The van der Waals surface area contributed by atoms with Gasteiger partial charge in [0.15, 0.2) is 0 Å². The predicted molar refractivity (Wildman–Crippen MR) is 76.7 cm³/mol. The molecule has 8 heteroatoms. The SMILES string of the molecule is CNS(=O)(=O)c1ccc(Nc2cc(F)cc(F)c2)cc1N. The molecule has 112 valence electrons. The number of rotatable bonds is 4. The zero-order valence-corrected chi connectivity index (χ0v) is 11.8. The number of anilines is 3. The van der Waals surface area contributed by atoms with Crippen LogP contribution in [0.2, 0.25) is 0 Å². The molecule has 4 N–H and O–H groups in total. The van der Waals surface area contributed by atoms with Crippen LogP contribution in [0.25, 0.3) is 0 Å². The van der Waals surface area contributed by atoms with E-state index >= 15 is 0 Å². The second kappa shape index (κ2) is 5.66. The monoisotopic (exact) mass is 313 g/mol. The van der Waals surface area contributed by atoms with Gasteiger partial charge in [-0.25, -0.2) is 21.9 Å². The van der Waals surface area contributed by atoms with E-state index in [0.717, 1.165) is 18.2 Å². The Kier molecular flexibility index (Phi) is 4.10. The summed E-state index contributed by atoms with van der Waals surface area (Å²) in [6.45, 7) is 0. The molecule has 2 aromatic carbocycles. The van der Waals surface area contributed by atoms with Crippen molar-refractivity contribution in [3.8, 4) is 0 Å². The van der Waals surface area contributed by atoms with E-state index in [9.17, 15) is 17.2 Å². The topological polar surface area (TPSA) is 84.2 Å². The molecule has 0 fully saturated rings. The van der Waals surface area contributed by atoms with Gasteiger partial charge in [0.1, 0.15) is 16.5 Å². The first kappa shape index (κ1) is 15.2. The minimum atomic E-state index is -3.65. The van der Waals surface area contributed by atoms with Crippen molar-refractivity contribution in [1.82, 2.24) is 4.72 Å². The molecule has 0 saturated carbocycles. The zero-order valence-electron chi connectivity index (χ0n) is 11.0. The third-order valence-electron chi connectivity index (χ3n) is 2.72. The van der Waals surface area contributed by atoms with Crippen LogP contribution in [0.4, 0.5) is 25.8 Å². The minimum Gasteiger partial charge on any atom is -0.398 e. The molecule has 0 spiro atoms. The molecule has 0 aliphatic carbocycles. The van der Waals surface area contributed by atoms with Gasteiger partial charge in [0.2, 0.25) is 10.0 Å². The number of hydrogen-bond donors (Lipinski definition) is 3. The normalized spacial score (nSPS) is 11.4. The number of nitrogen functional groups attached to an aromatic ring is 1. The first-order chi connectivity index (χ1) is 9.81. The molecule has 0 aliphatic rings. The molecular formula is C13H13F2N3O2S. The molecule has 0 aromatic heterocycles. The van der Waals surface area contributed by atoms with Crippen LogP contribution in [0.3, 0.4) is 0 Å². The van der Waals surface area contributed by atoms with Crippen LogP contribution in [-0.2, 0) is 10.0 Å². The van der Waals surface area contributed by atoms with Crippen molar-refractivity contribution in [3.63, 3.8) is 0 Å². The van der Waals surface area contributed by atoms with Gasteiger partial charge >= 0.3 is 0 Å². The van der Waals surface area contributed by atoms with Gasteiger partial charge < -0.3 is 11.1 Å². The summed E-state index contributed by atoms with van der Waals surface area (Å²) in [6, 6.07) is 7.09. The Labute approximate surface area is 120 Å².